The van der Waals surface area contributed by atoms with Gasteiger partial charge in [0.15, 0.2) is 0 Å². The van der Waals surface area contributed by atoms with Crippen LogP contribution in [0.25, 0.3) is 0 Å². The molecule has 0 aromatic rings. The highest BCUT2D eigenvalue weighted by atomic mass is 16.5. The monoisotopic (exact) mass is 748 g/mol. The summed E-state index contributed by atoms with van der Waals surface area (Å²) in [7, 11) is 0. The maximum Gasteiger partial charge on any atom is 0.305 e. The van der Waals surface area contributed by atoms with Gasteiger partial charge in [0.25, 0.3) is 0 Å². The zero-order chi connectivity index (χ0) is 38.7. The molecule has 0 fully saturated rings. The van der Waals surface area contributed by atoms with Crippen LogP contribution < -0.4 is 5.32 Å². The summed E-state index contributed by atoms with van der Waals surface area (Å²) in [4.78, 5) is 24.3. The van der Waals surface area contributed by atoms with Crippen molar-refractivity contribution < 1.29 is 24.5 Å². The van der Waals surface area contributed by atoms with Crippen LogP contribution in [-0.4, -0.2) is 47.4 Å². The molecule has 0 saturated heterocycles. The van der Waals surface area contributed by atoms with E-state index < -0.39 is 12.1 Å². The van der Waals surface area contributed by atoms with Gasteiger partial charge in [0.2, 0.25) is 5.91 Å². The molecule has 0 saturated carbocycles. The summed E-state index contributed by atoms with van der Waals surface area (Å²) in [5.74, 6) is -0.0962. The Hall–Kier alpha value is -1.66. The molecule has 1 amide bonds. The van der Waals surface area contributed by atoms with E-state index >= 15 is 0 Å². The van der Waals surface area contributed by atoms with Gasteiger partial charge in [-0.3, -0.25) is 9.59 Å². The number of carbonyl (C=O) groups excluding carboxylic acids is 2. The molecule has 0 bridgehead atoms. The van der Waals surface area contributed by atoms with E-state index in [1.54, 1.807) is 6.08 Å². The third-order valence-electron chi connectivity index (χ3n) is 10.5. The molecule has 2 atom stereocenters. The van der Waals surface area contributed by atoms with E-state index in [-0.39, 0.29) is 18.5 Å². The van der Waals surface area contributed by atoms with Gasteiger partial charge in [-0.1, -0.05) is 192 Å². The summed E-state index contributed by atoms with van der Waals surface area (Å²) in [6.45, 7) is 4.82. The van der Waals surface area contributed by atoms with E-state index in [0.29, 0.717) is 19.4 Å². The van der Waals surface area contributed by atoms with Crippen molar-refractivity contribution in [1.29, 1.82) is 0 Å². The van der Waals surface area contributed by atoms with Gasteiger partial charge in [-0.15, -0.1) is 0 Å². The Bertz CT molecular complexity index is 828. The van der Waals surface area contributed by atoms with Crippen LogP contribution >= 0.6 is 0 Å². The van der Waals surface area contributed by atoms with Gasteiger partial charge in [-0.2, -0.15) is 0 Å². The second kappa shape index (κ2) is 43.1. The van der Waals surface area contributed by atoms with Gasteiger partial charge in [-0.05, 0) is 57.8 Å². The molecule has 53 heavy (non-hydrogen) atoms. The number of ether oxygens (including phenoxy) is 1. The van der Waals surface area contributed by atoms with Gasteiger partial charge >= 0.3 is 5.97 Å². The van der Waals surface area contributed by atoms with Crippen molar-refractivity contribution in [3.8, 4) is 0 Å². The number of nitrogens with one attached hydrogen (secondary N) is 1. The van der Waals surface area contributed by atoms with Crippen molar-refractivity contribution in [2.45, 2.75) is 251 Å². The molecule has 0 spiro atoms. The summed E-state index contributed by atoms with van der Waals surface area (Å²) in [5.41, 5.74) is 0. The van der Waals surface area contributed by atoms with Crippen LogP contribution in [0.2, 0.25) is 0 Å². The minimum Gasteiger partial charge on any atom is -0.466 e. The summed E-state index contributed by atoms with van der Waals surface area (Å²) >= 11 is 0. The van der Waals surface area contributed by atoms with Crippen molar-refractivity contribution in [1.82, 2.24) is 5.32 Å². The van der Waals surface area contributed by atoms with Gasteiger partial charge in [-0.25, -0.2) is 0 Å². The number of unbranched alkanes of at least 4 members (excludes halogenated alkanes) is 29. The predicted octanol–water partition coefficient (Wildman–Crippen LogP) is 13.2. The number of rotatable bonds is 42. The van der Waals surface area contributed by atoms with E-state index in [4.69, 9.17) is 4.74 Å². The fourth-order valence-electron chi connectivity index (χ4n) is 6.86. The fourth-order valence-corrected chi connectivity index (χ4v) is 6.86. The molecule has 0 aliphatic rings. The number of carbonyl (C=O) groups is 2. The first kappa shape index (κ1) is 51.3. The molecule has 0 aliphatic heterocycles. The summed E-state index contributed by atoms with van der Waals surface area (Å²) in [6.07, 6.45) is 48.8. The molecular weight excluding hydrogens is 659 g/mol. The molecule has 6 heteroatoms. The molecule has 0 aromatic carbocycles. The van der Waals surface area contributed by atoms with Crippen molar-refractivity contribution in [3.63, 3.8) is 0 Å². The molecule has 0 aromatic heterocycles. The fraction of sp³-hybridized carbons (Fsp3) is 0.872. The van der Waals surface area contributed by atoms with E-state index in [1.165, 1.54) is 154 Å². The highest BCUT2D eigenvalue weighted by Crippen LogP contribution is 2.15. The van der Waals surface area contributed by atoms with Crippen LogP contribution in [0.4, 0.5) is 0 Å². The highest BCUT2D eigenvalue weighted by Gasteiger charge is 2.18. The van der Waals surface area contributed by atoms with Gasteiger partial charge in [0.1, 0.15) is 0 Å². The third-order valence-corrected chi connectivity index (χ3v) is 10.5. The van der Waals surface area contributed by atoms with Gasteiger partial charge < -0.3 is 20.3 Å². The van der Waals surface area contributed by atoms with Crippen LogP contribution in [0.1, 0.15) is 239 Å². The lowest BCUT2D eigenvalue weighted by Gasteiger charge is -2.20. The molecule has 0 radical (unpaired) electrons. The molecule has 0 rings (SSSR count). The molecule has 0 heterocycles. The van der Waals surface area contributed by atoms with Crippen LogP contribution in [0, 0.1) is 0 Å². The maximum absolute atomic E-state index is 12.4. The number of hydrogen-bond donors (Lipinski definition) is 3. The lowest BCUT2D eigenvalue weighted by molar-refractivity contribution is -0.143. The second-order valence-corrected chi connectivity index (χ2v) is 15.7. The van der Waals surface area contributed by atoms with E-state index in [0.717, 1.165) is 57.8 Å². The Morgan fingerprint density at radius 3 is 1.38 bits per heavy atom. The first-order valence-corrected chi connectivity index (χ1v) is 23.1. The van der Waals surface area contributed by atoms with Crippen molar-refractivity contribution >= 4 is 11.9 Å². The standard InChI is InChI=1S/C47H89NO5/c1-3-5-7-9-11-13-15-21-25-29-33-37-41-47(52)53-42-38-34-30-26-22-19-17-16-18-20-24-28-32-36-40-46(51)48-44(43-49)45(50)39-35-31-27-23-14-12-10-8-6-4-2/h11,13,35,39,44-45,49-50H,3-10,12,14-34,36-38,40-43H2,1-2H3,(H,48,51)/b13-11-,39-35+. The number of aliphatic hydroxyl groups excluding tert-OH is 2. The van der Waals surface area contributed by atoms with Crippen molar-refractivity contribution in [2.75, 3.05) is 13.2 Å². The smallest absolute Gasteiger partial charge is 0.305 e. The van der Waals surface area contributed by atoms with E-state index in [1.807, 2.05) is 6.08 Å². The molecule has 312 valence electrons. The number of amides is 1. The first-order valence-electron chi connectivity index (χ1n) is 23.1. The van der Waals surface area contributed by atoms with Crippen molar-refractivity contribution in [3.05, 3.63) is 24.3 Å². The van der Waals surface area contributed by atoms with E-state index in [2.05, 4.69) is 31.3 Å². The van der Waals surface area contributed by atoms with E-state index in [9.17, 15) is 19.8 Å². The summed E-state index contributed by atoms with van der Waals surface area (Å²) < 4.78 is 5.44. The second-order valence-electron chi connectivity index (χ2n) is 15.7. The number of allylic oxidation sites excluding steroid dienone is 3. The zero-order valence-corrected chi connectivity index (χ0v) is 35.2. The Kier molecular flexibility index (Phi) is 41.7. The number of hydrogen-bond acceptors (Lipinski definition) is 5. The maximum atomic E-state index is 12.4. The first-order chi connectivity index (χ1) is 26.0. The Labute approximate surface area is 329 Å². The average Bonchev–Trinajstić information content (AvgIpc) is 3.16. The number of aliphatic hydroxyl groups is 2. The molecule has 3 N–H and O–H groups in total. The highest BCUT2D eigenvalue weighted by molar-refractivity contribution is 5.76. The minimum absolute atomic E-state index is 0.0145. The Balaban J connectivity index is 3.47. The molecule has 0 aliphatic carbocycles. The minimum atomic E-state index is -0.849. The molecule has 2 unspecified atom stereocenters. The predicted molar refractivity (Wildman–Crippen MR) is 227 cm³/mol. The van der Waals surface area contributed by atoms with Crippen LogP contribution in [0.15, 0.2) is 24.3 Å². The third kappa shape index (κ3) is 39.8. The summed E-state index contributed by atoms with van der Waals surface area (Å²) in [6, 6.07) is -0.633. The normalized spacial score (nSPS) is 12.9. The molecular formula is C47H89NO5. The zero-order valence-electron chi connectivity index (χ0n) is 35.2. The SMILES string of the molecule is CCCCC/C=C\CCCCCCCC(=O)OCCCCCCCCCCCCCCCCC(=O)NC(CO)C(O)/C=C/CCCCCCCCCC. The van der Waals surface area contributed by atoms with Gasteiger partial charge in [0, 0.05) is 12.8 Å². The van der Waals surface area contributed by atoms with Crippen LogP contribution in [-0.2, 0) is 14.3 Å². The Morgan fingerprint density at radius 1 is 0.509 bits per heavy atom. The van der Waals surface area contributed by atoms with Gasteiger partial charge in [0.05, 0.1) is 25.4 Å². The largest absolute Gasteiger partial charge is 0.466 e. The average molecular weight is 748 g/mol. The lowest BCUT2D eigenvalue weighted by atomic mass is 10.0. The van der Waals surface area contributed by atoms with Crippen molar-refractivity contribution in [2.24, 2.45) is 0 Å². The number of esters is 1. The van der Waals surface area contributed by atoms with Crippen LogP contribution in [0.5, 0.6) is 0 Å². The summed E-state index contributed by atoms with van der Waals surface area (Å²) in [5, 5.41) is 22.9. The van der Waals surface area contributed by atoms with Crippen LogP contribution in [0.3, 0.4) is 0 Å². The molecule has 6 nitrogen and oxygen atoms in total. The Morgan fingerprint density at radius 2 is 0.887 bits per heavy atom. The topological polar surface area (TPSA) is 95.9 Å². The lowest BCUT2D eigenvalue weighted by Crippen LogP contribution is -2.45. The quantitative estimate of drug-likeness (QED) is 0.0328.